The van der Waals surface area contributed by atoms with Crippen LogP contribution in [0.4, 0.5) is 5.69 Å². The molecule has 0 amide bonds. The predicted octanol–water partition coefficient (Wildman–Crippen LogP) is 3.33. The third kappa shape index (κ3) is 2.70. The zero-order chi connectivity index (χ0) is 13.1. The zero-order valence-electron chi connectivity index (χ0n) is 11.1. The number of nitrogens with zero attached hydrogens (tertiary/aromatic N) is 1. The Labute approximate surface area is 113 Å². The van der Waals surface area contributed by atoms with E-state index in [0.29, 0.717) is 6.61 Å². The van der Waals surface area contributed by atoms with Crippen LogP contribution in [0.5, 0.6) is 5.75 Å². The molecule has 1 N–H and O–H groups in total. The lowest BCUT2D eigenvalue weighted by Gasteiger charge is -2.21. The maximum Gasteiger partial charge on any atom is 0.143 e. The Balaban J connectivity index is 1.77. The van der Waals surface area contributed by atoms with Crippen molar-refractivity contribution in [1.29, 1.82) is 0 Å². The van der Waals surface area contributed by atoms with Crippen LogP contribution in [0.1, 0.15) is 23.4 Å². The first kappa shape index (κ1) is 12.0. The lowest BCUT2D eigenvalue weighted by Crippen LogP contribution is -2.13. The van der Waals surface area contributed by atoms with Crippen molar-refractivity contribution in [2.24, 2.45) is 0 Å². The fourth-order valence-corrected chi connectivity index (χ4v) is 2.43. The Morgan fingerprint density at radius 2 is 2.11 bits per heavy atom. The monoisotopic (exact) mass is 254 g/mol. The molecule has 1 aromatic heterocycles. The molecule has 3 heteroatoms. The molecule has 3 nitrogen and oxygen atoms in total. The number of aryl methyl sites for hydroxylation is 2. The van der Waals surface area contributed by atoms with E-state index in [2.05, 4.69) is 22.4 Å². The molecule has 19 heavy (non-hydrogen) atoms. The van der Waals surface area contributed by atoms with Crippen molar-refractivity contribution in [3.8, 4) is 5.75 Å². The first-order valence-corrected chi connectivity index (χ1v) is 6.74. The molecule has 1 aromatic carbocycles. The van der Waals surface area contributed by atoms with Crippen LogP contribution in [0.25, 0.3) is 0 Å². The summed E-state index contributed by atoms with van der Waals surface area (Å²) in [7, 11) is 0. The maximum absolute atomic E-state index is 5.92. The highest BCUT2D eigenvalue weighted by molar-refractivity contribution is 5.63. The van der Waals surface area contributed by atoms with E-state index in [1.54, 1.807) is 0 Å². The van der Waals surface area contributed by atoms with Crippen molar-refractivity contribution in [2.45, 2.75) is 26.4 Å². The molecule has 0 unspecified atom stereocenters. The van der Waals surface area contributed by atoms with Crippen LogP contribution >= 0.6 is 0 Å². The number of hydrogen-bond donors (Lipinski definition) is 1. The normalized spacial score (nSPS) is 13.5. The first-order valence-electron chi connectivity index (χ1n) is 6.74. The van der Waals surface area contributed by atoms with Gasteiger partial charge in [-0.25, -0.2) is 0 Å². The number of para-hydroxylation sites is 1. The third-order valence-corrected chi connectivity index (χ3v) is 3.36. The minimum absolute atomic E-state index is 0.514. The Bertz CT molecular complexity index is 581. The van der Waals surface area contributed by atoms with Gasteiger partial charge in [0.05, 0.1) is 11.4 Å². The number of fused-ring (bicyclic) bond motifs is 1. The van der Waals surface area contributed by atoms with E-state index in [1.807, 2.05) is 31.2 Å². The van der Waals surface area contributed by atoms with Gasteiger partial charge in [0, 0.05) is 12.2 Å². The average molecular weight is 254 g/mol. The third-order valence-electron chi connectivity index (χ3n) is 3.36. The Kier molecular flexibility index (Phi) is 3.36. The van der Waals surface area contributed by atoms with Gasteiger partial charge >= 0.3 is 0 Å². The van der Waals surface area contributed by atoms with Crippen LogP contribution in [0.2, 0.25) is 0 Å². The summed E-state index contributed by atoms with van der Waals surface area (Å²) in [5.74, 6) is 0.931. The number of anilines is 1. The van der Waals surface area contributed by atoms with E-state index in [-0.39, 0.29) is 0 Å². The van der Waals surface area contributed by atoms with E-state index < -0.39 is 0 Å². The zero-order valence-corrected chi connectivity index (χ0v) is 11.1. The molecule has 0 saturated carbocycles. The van der Waals surface area contributed by atoms with E-state index >= 15 is 0 Å². The molecule has 2 aromatic rings. The summed E-state index contributed by atoms with van der Waals surface area (Å²) in [4.78, 5) is 4.45. The molecule has 0 saturated heterocycles. The van der Waals surface area contributed by atoms with Gasteiger partial charge in [0.1, 0.15) is 12.4 Å². The second kappa shape index (κ2) is 5.31. The minimum Gasteiger partial charge on any atom is -0.485 e. The van der Waals surface area contributed by atoms with Gasteiger partial charge < -0.3 is 10.1 Å². The number of hydrogen-bond acceptors (Lipinski definition) is 3. The summed E-state index contributed by atoms with van der Waals surface area (Å²) in [6, 6.07) is 12.3. The van der Waals surface area contributed by atoms with Crippen molar-refractivity contribution in [2.75, 3.05) is 11.9 Å². The summed E-state index contributed by atoms with van der Waals surface area (Å²) in [6.45, 7) is 3.53. The fraction of sp³-hybridized carbons (Fsp3) is 0.312. The van der Waals surface area contributed by atoms with Gasteiger partial charge in [0.15, 0.2) is 0 Å². The van der Waals surface area contributed by atoms with Gasteiger partial charge in [-0.15, -0.1) is 0 Å². The van der Waals surface area contributed by atoms with Gasteiger partial charge in [0.25, 0.3) is 0 Å². The smallest absolute Gasteiger partial charge is 0.143 e. The Hall–Kier alpha value is -2.03. The summed E-state index contributed by atoms with van der Waals surface area (Å²) >= 11 is 0. The molecule has 0 bridgehead atoms. The largest absolute Gasteiger partial charge is 0.485 e. The standard InChI is InChI=1S/C16H18N2O/c1-12-5-2-8-14(18-12)11-19-15-9-3-6-13-7-4-10-17-16(13)15/h2-3,5-6,8-9,17H,4,7,10-11H2,1H3. The second-order valence-electron chi connectivity index (χ2n) is 4.88. The molecule has 2 heterocycles. The highest BCUT2D eigenvalue weighted by Crippen LogP contribution is 2.32. The molecule has 0 radical (unpaired) electrons. The van der Waals surface area contributed by atoms with Crippen molar-refractivity contribution >= 4 is 5.69 Å². The predicted molar refractivity (Wildman–Crippen MR) is 76.6 cm³/mol. The van der Waals surface area contributed by atoms with Crippen molar-refractivity contribution < 1.29 is 4.74 Å². The van der Waals surface area contributed by atoms with Gasteiger partial charge in [-0.2, -0.15) is 0 Å². The van der Waals surface area contributed by atoms with Crippen molar-refractivity contribution in [1.82, 2.24) is 4.98 Å². The molecule has 1 aliphatic heterocycles. The highest BCUT2D eigenvalue weighted by atomic mass is 16.5. The second-order valence-corrected chi connectivity index (χ2v) is 4.88. The highest BCUT2D eigenvalue weighted by Gasteiger charge is 2.13. The van der Waals surface area contributed by atoms with Gasteiger partial charge in [-0.1, -0.05) is 18.2 Å². The van der Waals surface area contributed by atoms with Gasteiger partial charge in [-0.3, -0.25) is 4.98 Å². The fourth-order valence-electron chi connectivity index (χ4n) is 2.43. The lowest BCUT2D eigenvalue weighted by molar-refractivity contribution is 0.302. The van der Waals surface area contributed by atoms with Crippen LogP contribution in [-0.4, -0.2) is 11.5 Å². The van der Waals surface area contributed by atoms with Crippen LogP contribution in [0.3, 0.4) is 0 Å². The summed E-state index contributed by atoms with van der Waals surface area (Å²) in [6.07, 6.45) is 2.32. The molecule has 0 atom stereocenters. The SMILES string of the molecule is Cc1cccc(COc2cccc3c2NCCC3)n1. The van der Waals surface area contributed by atoms with E-state index in [1.165, 1.54) is 12.0 Å². The molecule has 3 rings (SSSR count). The molecule has 98 valence electrons. The minimum atomic E-state index is 0.514. The Morgan fingerprint density at radius 3 is 3.00 bits per heavy atom. The van der Waals surface area contributed by atoms with Crippen LogP contribution in [-0.2, 0) is 13.0 Å². The van der Waals surface area contributed by atoms with Gasteiger partial charge in [-0.05, 0) is 43.5 Å². The number of aromatic nitrogens is 1. The quantitative estimate of drug-likeness (QED) is 0.912. The van der Waals surface area contributed by atoms with Crippen LogP contribution in [0, 0.1) is 6.92 Å². The van der Waals surface area contributed by atoms with Gasteiger partial charge in [0.2, 0.25) is 0 Å². The molecule has 0 aliphatic carbocycles. The molecule has 0 spiro atoms. The molecule has 1 aliphatic rings. The van der Waals surface area contributed by atoms with Crippen molar-refractivity contribution in [3.05, 3.63) is 53.3 Å². The van der Waals surface area contributed by atoms with Crippen LogP contribution < -0.4 is 10.1 Å². The molecular weight excluding hydrogens is 236 g/mol. The number of pyridine rings is 1. The molecule has 0 fully saturated rings. The first-order chi connectivity index (χ1) is 9.33. The summed E-state index contributed by atoms with van der Waals surface area (Å²) in [5.41, 5.74) is 4.49. The lowest BCUT2D eigenvalue weighted by atomic mass is 10.0. The van der Waals surface area contributed by atoms with E-state index in [9.17, 15) is 0 Å². The topological polar surface area (TPSA) is 34.1 Å². The van der Waals surface area contributed by atoms with Crippen LogP contribution in [0.15, 0.2) is 36.4 Å². The number of rotatable bonds is 3. The summed E-state index contributed by atoms with van der Waals surface area (Å²) < 4.78 is 5.92. The Morgan fingerprint density at radius 1 is 1.21 bits per heavy atom. The average Bonchev–Trinajstić information content (AvgIpc) is 2.45. The van der Waals surface area contributed by atoms with Crippen molar-refractivity contribution in [3.63, 3.8) is 0 Å². The number of ether oxygens (including phenoxy) is 1. The number of nitrogens with one attached hydrogen (secondary N) is 1. The van der Waals surface area contributed by atoms with E-state index in [4.69, 9.17) is 4.74 Å². The maximum atomic E-state index is 5.92. The number of benzene rings is 1. The molecular formula is C16H18N2O. The summed E-state index contributed by atoms with van der Waals surface area (Å²) in [5, 5.41) is 3.43. The van der Waals surface area contributed by atoms with E-state index in [0.717, 1.165) is 35.8 Å².